The van der Waals surface area contributed by atoms with Crippen LogP contribution in [-0.2, 0) is 0 Å². The van der Waals surface area contributed by atoms with Crippen molar-refractivity contribution >= 4 is 63.9 Å². The fraction of sp³-hybridized carbons (Fsp3) is 0.0714. The molecule has 0 unspecified atom stereocenters. The minimum absolute atomic E-state index is 0.0358. The molecular formula is C14H7Cl4N3O. The predicted octanol–water partition coefficient (Wildman–Crippen LogP) is 4.65. The molecule has 2 aliphatic rings. The first kappa shape index (κ1) is 15.6. The number of rotatable bonds is 1. The number of carbonyl (C=O) groups excluding carboxylic acids is 1. The number of fused-ring (bicyclic) bond motifs is 1. The average Bonchev–Trinajstić information content (AvgIpc) is 2.81. The van der Waals surface area contributed by atoms with Crippen LogP contribution in [0, 0.1) is 5.41 Å². The lowest BCUT2D eigenvalue weighted by Gasteiger charge is -2.09. The van der Waals surface area contributed by atoms with E-state index in [0.717, 1.165) is 0 Å². The monoisotopic (exact) mass is 373 g/mol. The van der Waals surface area contributed by atoms with Gasteiger partial charge in [0.2, 0.25) is 0 Å². The number of hydrogen-bond donors (Lipinski definition) is 2. The molecule has 0 spiro atoms. The normalized spacial score (nSPS) is 18.5. The molecule has 0 radical (unpaired) electrons. The lowest BCUT2D eigenvalue weighted by Crippen LogP contribution is -2.21. The number of aliphatic imine (C=N–C) groups is 1. The van der Waals surface area contributed by atoms with Gasteiger partial charge in [0.15, 0.2) is 0 Å². The SMILES string of the molecule is N=C1C=CC(N=C2NC(=O)c3c(Cl)c(Cl)c(Cl)c(Cl)c32)=CC1. The van der Waals surface area contributed by atoms with Gasteiger partial charge in [0.1, 0.15) is 5.84 Å². The van der Waals surface area contributed by atoms with Crippen LogP contribution in [0.4, 0.5) is 0 Å². The van der Waals surface area contributed by atoms with Crippen molar-refractivity contribution in [3.05, 3.63) is 55.1 Å². The zero-order chi connectivity index (χ0) is 16.0. The van der Waals surface area contributed by atoms with Crippen molar-refractivity contribution in [3.63, 3.8) is 0 Å². The Morgan fingerprint density at radius 2 is 1.64 bits per heavy atom. The number of hydrogen-bond acceptors (Lipinski definition) is 3. The molecule has 4 nitrogen and oxygen atoms in total. The molecule has 0 saturated carbocycles. The Labute approximate surface area is 145 Å². The van der Waals surface area contributed by atoms with Crippen LogP contribution in [-0.4, -0.2) is 17.5 Å². The number of amides is 1. The highest BCUT2D eigenvalue weighted by Gasteiger charge is 2.34. The van der Waals surface area contributed by atoms with Crippen molar-refractivity contribution < 1.29 is 4.79 Å². The molecule has 112 valence electrons. The number of nitrogens with zero attached hydrogens (tertiary/aromatic N) is 1. The number of amidine groups is 1. The van der Waals surface area contributed by atoms with Gasteiger partial charge in [-0.3, -0.25) is 4.79 Å². The molecule has 22 heavy (non-hydrogen) atoms. The average molecular weight is 375 g/mol. The fourth-order valence-electron chi connectivity index (χ4n) is 2.13. The van der Waals surface area contributed by atoms with E-state index in [1.807, 2.05) is 0 Å². The Kier molecular flexibility index (Phi) is 4.03. The van der Waals surface area contributed by atoms with E-state index in [1.165, 1.54) is 0 Å². The molecule has 8 heteroatoms. The van der Waals surface area contributed by atoms with E-state index in [9.17, 15) is 4.79 Å². The molecular weight excluding hydrogens is 368 g/mol. The molecule has 0 saturated heterocycles. The van der Waals surface area contributed by atoms with E-state index >= 15 is 0 Å². The van der Waals surface area contributed by atoms with Crippen molar-refractivity contribution in [3.8, 4) is 0 Å². The summed E-state index contributed by atoms with van der Waals surface area (Å²) < 4.78 is 0. The van der Waals surface area contributed by atoms with Gasteiger partial charge in [0, 0.05) is 12.1 Å². The Morgan fingerprint density at radius 3 is 2.23 bits per heavy atom. The Bertz CT molecular complexity index is 824. The summed E-state index contributed by atoms with van der Waals surface area (Å²) in [6.07, 6.45) is 5.56. The van der Waals surface area contributed by atoms with E-state index in [2.05, 4.69) is 10.3 Å². The van der Waals surface area contributed by atoms with Crippen LogP contribution < -0.4 is 5.32 Å². The summed E-state index contributed by atoms with van der Waals surface area (Å²) in [6, 6.07) is 0. The predicted molar refractivity (Wildman–Crippen MR) is 90.1 cm³/mol. The molecule has 0 fully saturated rings. The van der Waals surface area contributed by atoms with Gasteiger partial charge in [-0.2, -0.15) is 0 Å². The standard InChI is InChI=1S/C14H7Cl4N3O/c15-9-7-8(10(16)12(18)11(9)17)14(22)21-13(7)20-6-3-1-5(19)2-4-6/h1,3-4,19H,2H2,(H,20,21,22). The lowest BCUT2D eigenvalue weighted by molar-refractivity contribution is 0.0983. The maximum absolute atomic E-state index is 12.1. The number of allylic oxidation sites excluding steroid dienone is 3. The summed E-state index contributed by atoms with van der Waals surface area (Å²) in [5.74, 6) is -0.179. The summed E-state index contributed by atoms with van der Waals surface area (Å²) in [4.78, 5) is 16.4. The molecule has 0 atom stereocenters. The number of carbonyl (C=O) groups is 1. The molecule has 0 bridgehead atoms. The maximum Gasteiger partial charge on any atom is 0.259 e. The van der Waals surface area contributed by atoms with Crippen LogP contribution >= 0.6 is 46.4 Å². The van der Waals surface area contributed by atoms with Crippen LogP contribution in [0.25, 0.3) is 0 Å². The van der Waals surface area contributed by atoms with E-state index in [0.29, 0.717) is 23.4 Å². The van der Waals surface area contributed by atoms with Gasteiger partial charge < -0.3 is 10.7 Å². The van der Waals surface area contributed by atoms with E-state index in [-0.39, 0.29) is 31.5 Å². The molecule has 1 aliphatic carbocycles. The molecule has 1 aromatic rings. The topological polar surface area (TPSA) is 65.3 Å². The molecule has 0 aromatic heterocycles. The third-order valence-corrected chi connectivity index (χ3v) is 4.99. The first-order valence-corrected chi connectivity index (χ1v) is 7.63. The highest BCUT2D eigenvalue weighted by Crippen LogP contribution is 2.43. The number of nitrogens with one attached hydrogen (secondary N) is 2. The summed E-state index contributed by atoms with van der Waals surface area (Å²) >= 11 is 24.3. The summed E-state index contributed by atoms with van der Waals surface area (Å²) in [6.45, 7) is 0. The van der Waals surface area contributed by atoms with Crippen molar-refractivity contribution in [1.82, 2.24) is 5.32 Å². The zero-order valence-electron chi connectivity index (χ0n) is 10.8. The first-order chi connectivity index (χ1) is 10.4. The lowest BCUT2D eigenvalue weighted by atomic mass is 10.1. The highest BCUT2D eigenvalue weighted by atomic mass is 35.5. The Morgan fingerprint density at radius 1 is 1.00 bits per heavy atom. The van der Waals surface area contributed by atoms with Gasteiger partial charge in [-0.1, -0.05) is 52.5 Å². The van der Waals surface area contributed by atoms with Gasteiger partial charge in [-0.15, -0.1) is 0 Å². The summed E-state index contributed by atoms with van der Waals surface area (Å²) in [5, 5.41) is 10.4. The van der Waals surface area contributed by atoms with Crippen molar-refractivity contribution in [2.24, 2.45) is 4.99 Å². The van der Waals surface area contributed by atoms with Crippen molar-refractivity contribution in [1.29, 1.82) is 5.41 Å². The number of benzene rings is 1. The second kappa shape index (κ2) is 5.70. The second-order valence-corrected chi connectivity index (χ2v) is 6.12. The molecule has 2 N–H and O–H groups in total. The van der Waals surface area contributed by atoms with Crippen LogP contribution in [0.3, 0.4) is 0 Å². The van der Waals surface area contributed by atoms with Gasteiger partial charge >= 0.3 is 0 Å². The summed E-state index contributed by atoms with van der Waals surface area (Å²) in [5.41, 5.74) is 1.59. The largest absolute Gasteiger partial charge is 0.306 e. The van der Waals surface area contributed by atoms with Crippen molar-refractivity contribution in [2.45, 2.75) is 6.42 Å². The van der Waals surface area contributed by atoms with Gasteiger partial charge in [-0.05, 0) is 12.2 Å². The van der Waals surface area contributed by atoms with E-state index in [1.54, 1.807) is 18.2 Å². The minimum atomic E-state index is -0.438. The van der Waals surface area contributed by atoms with Gasteiger partial charge in [0.05, 0.1) is 36.9 Å². The van der Waals surface area contributed by atoms with Crippen LogP contribution in [0.2, 0.25) is 20.1 Å². The van der Waals surface area contributed by atoms with E-state index in [4.69, 9.17) is 51.8 Å². The molecule has 3 rings (SSSR count). The highest BCUT2D eigenvalue weighted by molar-refractivity contribution is 6.55. The number of halogens is 4. The smallest absolute Gasteiger partial charge is 0.259 e. The molecule has 1 heterocycles. The first-order valence-electron chi connectivity index (χ1n) is 6.12. The second-order valence-electron chi connectivity index (χ2n) is 4.61. The third-order valence-electron chi connectivity index (χ3n) is 3.19. The van der Waals surface area contributed by atoms with E-state index < -0.39 is 5.91 Å². The van der Waals surface area contributed by atoms with Crippen molar-refractivity contribution in [2.75, 3.05) is 0 Å². The molecule has 1 aromatic carbocycles. The van der Waals surface area contributed by atoms with Crippen LogP contribution in [0.5, 0.6) is 0 Å². The van der Waals surface area contributed by atoms with Gasteiger partial charge in [-0.25, -0.2) is 4.99 Å². The maximum atomic E-state index is 12.1. The quantitative estimate of drug-likeness (QED) is 0.545. The molecule has 1 amide bonds. The summed E-state index contributed by atoms with van der Waals surface area (Å²) in [7, 11) is 0. The fourth-order valence-corrected chi connectivity index (χ4v) is 3.16. The molecule has 1 aliphatic heterocycles. The minimum Gasteiger partial charge on any atom is -0.306 e. The van der Waals surface area contributed by atoms with Crippen LogP contribution in [0.1, 0.15) is 22.3 Å². The Hall–Kier alpha value is -1.33. The van der Waals surface area contributed by atoms with Gasteiger partial charge in [0.25, 0.3) is 5.91 Å². The zero-order valence-corrected chi connectivity index (χ0v) is 13.8. The third kappa shape index (κ3) is 2.46. The Balaban J connectivity index is 2.16. The van der Waals surface area contributed by atoms with Crippen LogP contribution in [0.15, 0.2) is 28.9 Å².